The molecule has 156 valence electrons. The van der Waals surface area contributed by atoms with Gasteiger partial charge in [-0.2, -0.15) is 4.98 Å². The van der Waals surface area contributed by atoms with E-state index in [1.807, 2.05) is 6.26 Å². The number of nitrogens with one attached hydrogen (secondary N) is 3. The van der Waals surface area contributed by atoms with Crippen molar-refractivity contribution in [2.45, 2.75) is 16.2 Å². The van der Waals surface area contributed by atoms with E-state index in [4.69, 9.17) is 0 Å². The summed E-state index contributed by atoms with van der Waals surface area (Å²) in [5, 5.41) is 6.30. The van der Waals surface area contributed by atoms with Gasteiger partial charge in [0.25, 0.3) is 0 Å². The highest BCUT2D eigenvalue weighted by molar-refractivity contribution is 7.98. The second kappa shape index (κ2) is 8.58. The van der Waals surface area contributed by atoms with Crippen molar-refractivity contribution < 1.29 is 12.8 Å². The Balaban J connectivity index is 1.75. The third-order valence-corrected chi connectivity index (χ3v) is 6.80. The number of hydrogen-bond acceptors (Lipinski definition) is 7. The van der Waals surface area contributed by atoms with Gasteiger partial charge >= 0.3 is 0 Å². The van der Waals surface area contributed by atoms with E-state index in [0.717, 1.165) is 11.1 Å². The van der Waals surface area contributed by atoms with Crippen LogP contribution in [0.25, 0.3) is 11.1 Å². The molecule has 3 N–H and O–H groups in total. The Bertz CT molecular complexity index is 1190. The van der Waals surface area contributed by atoms with Crippen molar-refractivity contribution >= 4 is 39.2 Å². The number of aromatic nitrogens is 2. The summed E-state index contributed by atoms with van der Waals surface area (Å²) < 4.78 is 41.4. The molecule has 0 spiro atoms. The molecule has 7 nitrogen and oxygen atoms in total. The van der Waals surface area contributed by atoms with Gasteiger partial charge in [-0.1, -0.05) is 12.1 Å². The molecule has 2 aromatic carbocycles. The van der Waals surface area contributed by atoms with Gasteiger partial charge in [0.05, 0.1) is 4.90 Å². The van der Waals surface area contributed by atoms with Gasteiger partial charge < -0.3 is 10.6 Å². The van der Waals surface area contributed by atoms with Gasteiger partial charge in [-0.3, -0.25) is 0 Å². The minimum Gasteiger partial charge on any atom is -0.369 e. The topological polar surface area (TPSA) is 96.0 Å². The maximum absolute atomic E-state index is 13.9. The Morgan fingerprint density at radius 2 is 2.00 bits per heavy atom. The second-order valence-electron chi connectivity index (χ2n) is 6.64. The van der Waals surface area contributed by atoms with Crippen LogP contribution in [-0.2, 0) is 10.0 Å². The van der Waals surface area contributed by atoms with Gasteiger partial charge in [-0.25, -0.2) is 22.5 Å². The lowest BCUT2D eigenvalue weighted by atomic mass is 10.1. The number of nitrogens with zero attached hydrogens (tertiary/aromatic N) is 2. The standard InChI is InChI=1S/C20H20FN5O2S2/c1-29-18-10-13(6-7-17(18)21)16-12-23-20-25-14-4-2-5-15(11-14)30(27,28)24-9-3-8-22-19(16)26-20/h2,4-7,10-12,24H,3,8-9H2,1H3,(H2,22,23,25,26). The van der Waals surface area contributed by atoms with Crippen molar-refractivity contribution in [1.82, 2.24) is 14.7 Å². The quantitative estimate of drug-likeness (QED) is 0.516. The lowest BCUT2D eigenvalue weighted by Gasteiger charge is -2.14. The summed E-state index contributed by atoms with van der Waals surface area (Å²) in [5.41, 5.74) is 2.09. The highest BCUT2D eigenvalue weighted by atomic mass is 32.2. The number of fused-ring (bicyclic) bond motifs is 4. The average Bonchev–Trinajstić information content (AvgIpc) is 2.74. The molecule has 0 saturated heterocycles. The number of rotatable bonds is 2. The Kier molecular flexibility index (Phi) is 5.89. The molecule has 4 bridgehead atoms. The molecule has 0 amide bonds. The van der Waals surface area contributed by atoms with Crippen molar-refractivity contribution in [2.75, 3.05) is 30.0 Å². The first-order valence-electron chi connectivity index (χ1n) is 9.28. The van der Waals surface area contributed by atoms with Crippen LogP contribution in [0.2, 0.25) is 0 Å². The highest BCUT2D eigenvalue weighted by Crippen LogP contribution is 2.31. The van der Waals surface area contributed by atoms with Gasteiger partial charge in [0.1, 0.15) is 11.6 Å². The van der Waals surface area contributed by atoms with Crippen LogP contribution < -0.4 is 15.4 Å². The van der Waals surface area contributed by atoms with E-state index in [1.54, 1.807) is 36.5 Å². The van der Waals surface area contributed by atoms with E-state index in [2.05, 4.69) is 25.3 Å². The molecule has 2 heterocycles. The van der Waals surface area contributed by atoms with Gasteiger partial charge in [-0.05, 0) is 48.6 Å². The Morgan fingerprint density at radius 1 is 1.13 bits per heavy atom. The molecule has 3 aromatic rings. The molecule has 4 rings (SSSR count). The SMILES string of the molecule is CSc1cc(-c2cnc3nc2NCCCNS(=O)(=O)c2cccc(c2)N3)ccc1F. The number of halogens is 1. The summed E-state index contributed by atoms with van der Waals surface area (Å²) in [6.07, 6.45) is 4.06. The van der Waals surface area contributed by atoms with Crippen LogP contribution in [0.1, 0.15) is 6.42 Å². The predicted molar refractivity (Wildman–Crippen MR) is 117 cm³/mol. The maximum atomic E-state index is 13.9. The number of sulfonamides is 1. The van der Waals surface area contributed by atoms with Crippen LogP contribution in [0.4, 0.5) is 21.8 Å². The minimum absolute atomic E-state index is 0.174. The molecule has 0 atom stereocenters. The summed E-state index contributed by atoms with van der Waals surface area (Å²) in [4.78, 5) is 9.67. The minimum atomic E-state index is -3.59. The number of thioether (sulfide) groups is 1. The normalized spacial score (nSPS) is 15.7. The van der Waals surface area contributed by atoms with E-state index < -0.39 is 10.0 Å². The summed E-state index contributed by atoms with van der Waals surface area (Å²) in [5.74, 6) is 0.644. The van der Waals surface area contributed by atoms with Gasteiger partial charge in [-0.15, -0.1) is 11.8 Å². The van der Waals surface area contributed by atoms with Gasteiger partial charge in [0.15, 0.2) is 0 Å². The largest absolute Gasteiger partial charge is 0.369 e. The molecular formula is C20H20FN5O2S2. The lowest BCUT2D eigenvalue weighted by Crippen LogP contribution is -2.26. The summed E-state index contributed by atoms with van der Waals surface area (Å²) in [6, 6.07) is 11.4. The summed E-state index contributed by atoms with van der Waals surface area (Å²) in [6.45, 7) is 0.785. The first-order valence-corrected chi connectivity index (χ1v) is 12.0. The molecule has 0 radical (unpaired) electrons. The molecule has 10 heteroatoms. The average molecular weight is 446 g/mol. The Labute approximate surface area is 178 Å². The lowest BCUT2D eigenvalue weighted by molar-refractivity contribution is 0.580. The van der Waals surface area contributed by atoms with Crippen LogP contribution in [0.15, 0.2) is 58.5 Å². The zero-order valence-corrected chi connectivity index (χ0v) is 17.8. The fourth-order valence-corrected chi connectivity index (χ4v) is 4.70. The van der Waals surface area contributed by atoms with Gasteiger partial charge in [0.2, 0.25) is 16.0 Å². The zero-order chi connectivity index (χ0) is 21.1. The molecule has 1 aromatic heterocycles. The molecule has 1 aliphatic rings. The van der Waals surface area contributed by atoms with E-state index in [0.29, 0.717) is 35.3 Å². The third-order valence-electron chi connectivity index (χ3n) is 4.59. The zero-order valence-electron chi connectivity index (χ0n) is 16.1. The van der Waals surface area contributed by atoms with E-state index in [-0.39, 0.29) is 17.3 Å². The van der Waals surface area contributed by atoms with Crippen molar-refractivity contribution in [2.24, 2.45) is 0 Å². The van der Waals surface area contributed by atoms with Crippen molar-refractivity contribution in [1.29, 1.82) is 0 Å². The fraction of sp³-hybridized carbons (Fsp3) is 0.200. The monoisotopic (exact) mass is 445 g/mol. The van der Waals surface area contributed by atoms with Crippen LogP contribution in [0, 0.1) is 5.82 Å². The molecule has 30 heavy (non-hydrogen) atoms. The summed E-state index contributed by atoms with van der Waals surface area (Å²) in [7, 11) is -3.59. The molecule has 0 unspecified atom stereocenters. The fourth-order valence-electron chi connectivity index (χ4n) is 3.07. The number of hydrogen-bond donors (Lipinski definition) is 3. The summed E-state index contributed by atoms with van der Waals surface area (Å²) >= 11 is 1.33. The third kappa shape index (κ3) is 4.40. The Hall–Kier alpha value is -2.69. The number of anilines is 3. The molecule has 0 saturated carbocycles. The van der Waals surface area contributed by atoms with Crippen molar-refractivity contribution in [3.05, 3.63) is 54.5 Å². The molecule has 0 fully saturated rings. The Morgan fingerprint density at radius 3 is 2.83 bits per heavy atom. The van der Waals surface area contributed by atoms with Crippen molar-refractivity contribution in [3.63, 3.8) is 0 Å². The first kappa shape index (κ1) is 20.6. The van der Waals surface area contributed by atoms with Crippen LogP contribution >= 0.6 is 11.8 Å². The molecule has 1 aliphatic heterocycles. The van der Waals surface area contributed by atoms with Gasteiger partial charge in [0, 0.05) is 35.4 Å². The van der Waals surface area contributed by atoms with Crippen LogP contribution in [0.5, 0.6) is 0 Å². The van der Waals surface area contributed by atoms with E-state index in [1.165, 1.54) is 23.9 Å². The number of benzene rings is 2. The van der Waals surface area contributed by atoms with Crippen molar-refractivity contribution in [3.8, 4) is 11.1 Å². The highest BCUT2D eigenvalue weighted by Gasteiger charge is 2.16. The smallest absolute Gasteiger partial charge is 0.240 e. The predicted octanol–water partition coefficient (Wildman–Crippen LogP) is 3.84. The first-order chi connectivity index (χ1) is 14.5. The second-order valence-corrected chi connectivity index (χ2v) is 9.25. The van der Waals surface area contributed by atoms with E-state index >= 15 is 0 Å². The van der Waals surface area contributed by atoms with Crippen LogP contribution in [0.3, 0.4) is 0 Å². The maximum Gasteiger partial charge on any atom is 0.240 e. The molecular weight excluding hydrogens is 425 g/mol. The van der Waals surface area contributed by atoms with E-state index in [9.17, 15) is 12.8 Å². The van der Waals surface area contributed by atoms with Crippen LogP contribution in [-0.4, -0.2) is 37.7 Å². The molecule has 0 aliphatic carbocycles.